The Labute approximate surface area is 66.0 Å². The van der Waals surface area contributed by atoms with Gasteiger partial charge in [-0.1, -0.05) is 0 Å². The maximum atomic E-state index is 5.23. The Morgan fingerprint density at radius 2 is 1.71 bits per heavy atom. The van der Waals surface area contributed by atoms with Crippen LogP contribution in [0.3, 0.4) is 0 Å². The zero-order valence-electron chi connectivity index (χ0n) is 4.53. The van der Waals surface area contributed by atoms with E-state index in [4.69, 9.17) is 5.73 Å². The predicted octanol–water partition coefficient (Wildman–Crippen LogP) is 0.651. The summed E-state index contributed by atoms with van der Waals surface area (Å²) < 4.78 is 0.0139. The van der Waals surface area contributed by atoms with Gasteiger partial charge in [-0.25, -0.2) is 0 Å². The van der Waals surface area contributed by atoms with Crippen LogP contribution < -0.4 is 5.73 Å². The molecule has 0 aromatic rings. The molecule has 0 unspecified atom stereocenters. The van der Waals surface area contributed by atoms with E-state index in [1.54, 1.807) is 0 Å². The van der Waals surface area contributed by atoms with Crippen LogP contribution in [0.4, 0.5) is 0 Å². The number of rotatable bonds is 1. The third kappa shape index (κ3) is 11.0. The molecule has 0 saturated heterocycles. The van der Waals surface area contributed by atoms with Gasteiger partial charge >= 0.3 is 0 Å². The summed E-state index contributed by atoms with van der Waals surface area (Å²) in [6.45, 7) is 4.60. The minimum atomic E-state index is 0. The van der Waals surface area contributed by atoms with Crippen LogP contribution in [0.15, 0.2) is 0 Å². The Kier molecular flexibility index (Phi) is 6.22. The van der Waals surface area contributed by atoms with Crippen LogP contribution >= 0.6 is 12.6 Å². The average molecular weight is 213 g/mol. The molecule has 0 amide bonds. The van der Waals surface area contributed by atoms with E-state index < -0.39 is 0 Å². The van der Waals surface area contributed by atoms with Crippen LogP contribution in [-0.2, 0) is 22.4 Å². The number of hydrogen-bond acceptors (Lipinski definition) is 2. The summed E-state index contributed by atoms with van der Waals surface area (Å²) in [5.74, 6) is 0. The number of hydrogen-bond donors (Lipinski definition) is 2. The smallest absolute Gasteiger partial charge is 0.0195 e. The molecule has 0 aromatic heterocycles. The van der Waals surface area contributed by atoms with Gasteiger partial charge in [-0.15, -0.1) is 0 Å². The van der Waals surface area contributed by atoms with Gasteiger partial charge in [-0.3, -0.25) is 0 Å². The van der Waals surface area contributed by atoms with Crippen LogP contribution in [-0.4, -0.2) is 11.3 Å². The van der Waals surface area contributed by atoms with Gasteiger partial charge in [0.05, 0.1) is 0 Å². The minimum Gasteiger partial charge on any atom is -0.329 e. The first-order valence-electron chi connectivity index (χ1n) is 1.99. The van der Waals surface area contributed by atoms with Crippen molar-refractivity contribution in [1.82, 2.24) is 0 Å². The summed E-state index contributed by atoms with van der Waals surface area (Å²) in [7, 11) is 0. The summed E-state index contributed by atoms with van der Waals surface area (Å²) in [4.78, 5) is 0. The molecule has 0 atom stereocenters. The van der Waals surface area contributed by atoms with Gasteiger partial charge < -0.3 is 5.73 Å². The zero-order valence-corrected chi connectivity index (χ0v) is 6.91. The maximum absolute atomic E-state index is 5.23. The quantitative estimate of drug-likeness (QED) is 0.485. The van der Waals surface area contributed by atoms with Crippen LogP contribution in [0.25, 0.3) is 0 Å². The zero-order chi connectivity index (χ0) is 5.21. The van der Waals surface area contributed by atoms with Crippen molar-refractivity contribution in [1.29, 1.82) is 0 Å². The largest absolute Gasteiger partial charge is 0.329 e. The second-order valence-corrected chi connectivity index (χ2v) is 3.23. The van der Waals surface area contributed by atoms with Crippen LogP contribution in [0.1, 0.15) is 13.8 Å². The van der Waals surface area contributed by atoms with Crippen LogP contribution in [0, 0.1) is 0 Å². The second-order valence-electron chi connectivity index (χ2n) is 2.02. The molecule has 0 aliphatic heterocycles. The van der Waals surface area contributed by atoms with Crippen molar-refractivity contribution in [3.63, 3.8) is 0 Å². The van der Waals surface area contributed by atoms with Crippen molar-refractivity contribution < 1.29 is 22.4 Å². The van der Waals surface area contributed by atoms with Crippen molar-refractivity contribution in [2.24, 2.45) is 5.73 Å². The monoisotopic (exact) mass is 212 g/mol. The molecular weight excluding hydrogens is 202 g/mol. The van der Waals surface area contributed by atoms with Gasteiger partial charge in [0.15, 0.2) is 0 Å². The Morgan fingerprint density at radius 3 is 1.71 bits per heavy atom. The van der Waals surface area contributed by atoms with E-state index in [-0.39, 0.29) is 27.1 Å². The predicted molar refractivity (Wildman–Crippen MR) is 32.1 cm³/mol. The molecule has 1 radical (unpaired) electrons. The topological polar surface area (TPSA) is 26.0 Å². The first-order chi connectivity index (χ1) is 2.56. The Morgan fingerprint density at radius 1 is 1.57 bits per heavy atom. The molecule has 2 N–H and O–H groups in total. The van der Waals surface area contributed by atoms with Gasteiger partial charge in [0.1, 0.15) is 0 Å². The Balaban J connectivity index is 0. The van der Waals surface area contributed by atoms with Crippen molar-refractivity contribution in [2.45, 2.75) is 18.6 Å². The Hall–Kier alpha value is 1.05. The minimum absolute atomic E-state index is 0. The third-order valence-electron chi connectivity index (χ3n) is 0.500. The first-order valence-corrected chi connectivity index (χ1v) is 2.43. The van der Waals surface area contributed by atoms with Gasteiger partial charge in [-0.05, 0) is 13.8 Å². The molecule has 49 valence electrons. The van der Waals surface area contributed by atoms with E-state index in [1.165, 1.54) is 0 Å². The van der Waals surface area contributed by atoms with Gasteiger partial charge in [0.25, 0.3) is 0 Å². The number of thiol groups is 1. The van der Waals surface area contributed by atoms with E-state index in [0.717, 1.165) is 0 Å². The summed E-state index contributed by atoms with van der Waals surface area (Å²) in [6.07, 6.45) is 0. The number of nitrogens with two attached hydrogens (primary N) is 1. The maximum Gasteiger partial charge on any atom is 0.0195 e. The van der Waals surface area contributed by atoms with Crippen molar-refractivity contribution >= 4 is 12.6 Å². The molecular formula is C4H11AgNS. The molecule has 0 aliphatic rings. The van der Waals surface area contributed by atoms with Crippen molar-refractivity contribution in [3.8, 4) is 0 Å². The van der Waals surface area contributed by atoms with E-state index in [0.29, 0.717) is 6.54 Å². The molecule has 7 heavy (non-hydrogen) atoms. The van der Waals surface area contributed by atoms with Gasteiger partial charge in [0.2, 0.25) is 0 Å². The standard InChI is InChI=1S/C4H11NS.Ag/c1-4(2,6)3-5;/h6H,3,5H2,1-2H3;. The fourth-order valence-electron chi connectivity index (χ4n) is 0. The summed E-state index contributed by atoms with van der Waals surface area (Å²) in [5, 5.41) is 0. The molecule has 0 spiro atoms. The summed E-state index contributed by atoms with van der Waals surface area (Å²) in [6, 6.07) is 0. The molecule has 3 heteroatoms. The fraction of sp³-hybridized carbons (Fsp3) is 1.00. The fourth-order valence-corrected chi connectivity index (χ4v) is 0. The van der Waals surface area contributed by atoms with Gasteiger partial charge in [0, 0.05) is 33.7 Å². The molecule has 1 nitrogen and oxygen atoms in total. The third-order valence-corrected chi connectivity index (χ3v) is 0.682. The van der Waals surface area contributed by atoms with E-state index in [2.05, 4.69) is 12.6 Å². The summed E-state index contributed by atoms with van der Waals surface area (Å²) >= 11 is 4.13. The van der Waals surface area contributed by atoms with Gasteiger partial charge in [-0.2, -0.15) is 12.6 Å². The first kappa shape index (κ1) is 10.9. The van der Waals surface area contributed by atoms with Crippen molar-refractivity contribution in [2.75, 3.05) is 6.54 Å². The normalized spacial score (nSPS) is 10.3. The van der Waals surface area contributed by atoms with Crippen molar-refractivity contribution in [3.05, 3.63) is 0 Å². The molecule has 0 fully saturated rings. The second kappa shape index (κ2) is 3.98. The molecule has 0 bridgehead atoms. The molecule has 0 rings (SSSR count). The molecule has 0 aliphatic carbocycles. The molecule has 0 heterocycles. The van der Waals surface area contributed by atoms with E-state index >= 15 is 0 Å². The SMILES string of the molecule is CC(C)(S)CN.[Ag]. The average Bonchev–Trinajstić information content (AvgIpc) is 1.35. The molecule has 0 saturated carbocycles. The summed E-state index contributed by atoms with van der Waals surface area (Å²) in [5.41, 5.74) is 5.23. The Bertz CT molecular complexity index is 41.4. The van der Waals surface area contributed by atoms with E-state index in [1.807, 2.05) is 13.8 Å². The molecule has 0 aromatic carbocycles. The van der Waals surface area contributed by atoms with E-state index in [9.17, 15) is 0 Å². The van der Waals surface area contributed by atoms with Crippen LogP contribution in [0.2, 0.25) is 0 Å². The van der Waals surface area contributed by atoms with Crippen LogP contribution in [0.5, 0.6) is 0 Å².